The molecule has 0 aromatic carbocycles. The molecular formula is C15H27N3S. The van der Waals surface area contributed by atoms with Crippen molar-refractivity contribution in [3.8, 4) is 0 Å². The summed E-state index contributed by atoms with van der Waals surface area (Å²) in [6, 6.07) is 1.35. The van der Waals surface area contributed by atoms with Crippen LogP contribution < -0.4 is 10.2 Å². The van der Waals surface area contributed by atoms with Gasteiger partial charge in [0, 0.05) is 30.6 Å². The SMILES string of the molecule is CCCCN(c1nc(CNC2CC2)cs1)C(C)CC. The van der Waals surface area contributed by atoms with Crippen LogP contribution in [-0.4, -0.2) is 23.6 Å². The number of nitrogens with one attached hydrogen (secondary N) is 1. The van der Waals surface area contributed by atoms with E-state index in [-0.39, 0.29) is 0 Å². The van der Waals surface area contributed by atoms with Gasteiger partial charge in [0.05, 0.1) is 5.69 Å². The van der Waals surface area contributed by atoms with Gasteiger partial charge in [-0.05, 0) is 32.6 Å². The molecule has 1 fully saturated rings. The Morgan fingerprint density at radius 3 is 2.89 bits per heavy atom. The molecule has 1 aromatic heterocycles. The minimum absolute atomic E-state index is 0.585. The average molecular weight is 281 g/mol. The van der Waals surface area contributed by atoms with Crippen LogP contribution in [0.25, 0.3) is 0 Å². The summed E-state index contributed by atoms with van der Waals surface area (Å²) in [5, 5.41) is 6.96. The minimum Gasteiger partial charge on any atom is -0.345 e. The number of thiazole rings is 1. The number of aromatic nitrogens is 1. The maximum Gasteiger partial charge on any atom is 0.185 e. The van der Waals surface area contributed by atoms with E-state index in [0.717, 1.165) is 19.1 Å². The van der Waals surface area contributed by atoms with Crippen LogP contribution in [0.5, 0.6) is 0 Å². The lowest BCUT2D eigenvalue weighted by Crippen LogP contribution is -2.33. The van der Waals surface area contributed by atoms with E-state index in [9.17, 15) is 0 Å². The van der Waals surface area contributed by atoms with Crippen LogP contribution in [0.15, 0.2) is 5.38 Å². The van der Waals surface area contributed by atoms with Gasteiger partial charge in [-0.1, -0.05) is 20.3 Å². The fourth-order valence-corrected chi connectivity index (χ4v) is 3.05. The highest BCUT2D eigenvalue weighted by atomic mass is 32.1. The van der Waals surface area contributed by atoms with Gasteiger partial charge in [0.1, 0.15) is 0 Å². The van der Waals surface area contributed by atoms with Gasteiger partial charge in [-0.2, -0.15) is 0 Å². The molecule has 0 bridgehead atoms. The molecule has 0 amide bonds. The highest BCUT2D eigenvalue weighted by Crippen LogP contribution is 2.25. The van der Waals surface area contributed by atoms with E-state index in [0.29, 0.717) is 6.04 Å². The zero-order chi connectivity index (χ0) is 13.7. The molecule has 0 radical (unpaired) electrons. The van der Waals surface area contributed by atoms with E-state index in [1.807, 2.05) is 0 Å². The average Bonchev–Trinajstić information content (AvgIpc) is 3.15. The second-order valence-corrected chi connectivity index (χ2v) is 6.42. The Bertz CT molecular complexity index is 373. The molecule has 1 unspecified atom stereocenters. The molecule has 1 atom stereocenters. The van der Waals surface area contributed by atoms with Gasteiger partial charge in [-0.3, -0.25) is 0 Å². The number of unbranched alkanes of at least 4 members (excludes halogenated alkanes) is 1. The molecule has 1 aliphatic rings. The Hall–Kier alpha value is -0.610. The van der Waals surface area contributed by atoms with Crippen molar-refractivity contribution >= 4 is 16.5 Å². The molecule has 3 nitrogen and oxygen atoms in total. The minimum atomic E-state index is 0.585. The van der Waals surface area contributed by atoms with Gasteiger partial charge in [-0.25, -0.2) is 4.98 Å². The van der Waals surface area contributed by atoms with Gasteiger partial charge in [-0.15, -0.1) is 11.3 Å². The van der Waals surface area contributed by atoms with E-state index in [2.05, 4.69) is 36.4 Å². The fraction of sp³-hybridized carbons (Fsp3) is 0.800. The second kappa shape index (κ2) is 7.25. The summed E-state index contributed by atoms with van der Waals surface area (Å²) in [5.41, 5.74) is 1.21. The van der Waals surface area contributed by atoms with Gasteiger partial charge in [0.25, 0.3) is 0 Å². The summed E-state index contributed by atoms with van der Waals surface area (Å²) in [4.78, 5) is 7.30. The van der Waals surface area contributed by atoms with Crippen LogP contribution in [0, 0.1) is 0 Å². The zero-order valence-corrected chi connectivity index (χ0v) is 13.3. The van der Waals surface area contributed by atoms with Crippen LogP contribution >= 0.6 is 11.3 Å². The maximum absolute atomic E-state index is 4.81. The van der Waals surface area contributed by atoms with Crippen molar-refractivity contribution in [3.05, 3.63) is 11.1 Å². The van der Waals surface area contributed by atoms with Crippen LogP contribution in [0.1, 0.15) is 58.6 Å². The number of rotatable bonds is 9. The summed E-state index contributed by atoms with van der Waals surface area (Å²) in [7, 11) is 0. The van der Waals surface area contributed by atoms with Crippen LogP contribution in [0.4, 0.5) is 5.13 Å². The van der Waals surface area contributed by atoms with E-state index >= 15 is 0 Å². The molecule has 1 N–H and O–H groups in total. The molecule has 0 aliphatic heterocycles. The molecule has 108 valence electrons. The summed E-state index contributed by atoms with van der Waals surface area (Å²) in [5.74, 6) is 0. The molecule has 4 heteroatoms. The van der Waals surface area contributed by atoms with Crippen molar-refractivity contribution in [1.29, 1.82) is 0 Å². The fourth-order valence-electron chi connectivity index (χ4n) is 2.10. The standard InChI is InChI=1S/C15H27N3S/c1-4-6-9-18(12(3)5-2)15-17-14(11-19-15)10-16-13-7-8-13/h11-13,16H,4-10H2,1-3H3. The Labute approximate surface area is 121 Å². The molecule has 2 rings (SSSR count). The third-order valence-electron chi connectivity index (χ3n) is 3.81. The van der Waals surface area contributed by atoms with Gasteiger partial charge in [0.2, 0.25) is 0 Å². The molecule has 0 saturated heterocycles. The predicted octanol–water partition coefficient (Wildman–Crippen LogP) is 3.80. The van der Waals surface area contributed by atoms with Crippen molar-refractivity contribution in [1.82, 2.24) is 10.3 Å². The number of nitrogens with zero attached hydrogens (tertiary/aromatic N) is 2. The highest BCUT2D eigenvalue weighted by molar-refractivity contribution is 7.13. The van der Waals surface area contributed by atoms with Crippen molar-refractivity contribution in [2.24, 2.45) is 0 Å². The second-order valence-electron chi connectivity index (χ2n) is 5.58. The first-order chi connectivity index (χ1) is 9.24. The summed E-state index contributed by atoms with van der Waals surface area (Å²) in [6.07, 6.45) is 6.35. The van der Waals surface area contributed by atoms with Crippen molar-refractivity contribution in [3.63, 3.8) is 0 Å². The Balaban J connectivity index is 1.94. The molecule has 0 spiro atoms. The van der Waals surface area contributed by atoms with E-state index in [1.165, 1.54) is 42.9 Å². The van der Waals surface area contributed by atoms with Crippen molar-refractivity contribution in [2.75, 3.05) is 11.4 Å². The third-order valence-corrected chi connectivity index (χ3v) is 4.74. The smallest absolute Gasteiger partial charge is 0.185 e. The number of anilines is 1. The Morgan fingerprint density at radius 2 is 2.26 bits per heavy atom. The Kier molecular flexibility index (Phi) is 5.64. The quantitative estimate of drug-likeness (QED) is 0.746. The molecule has 1 aromatic rings. The lowest BCUT2D eigenvalue weighted by atomic mass is 10.2. The molecule has 1 heterocycles. The largest absolute Gasteiger partial charge is 0.345 e. The summed E-state index contributed by atoms with van der Waals surface area (Å²) >= 11 is 1.80. The van der Waals surface area contributed by atoms with Crippen LogP contribution in [-0.2, 0) is 6.54 Å². The van der Waals surface area contributed by atoms with Gasteiger partial charge >= 0.3 is 0 Å². The van der Waals surface area contributed by atoms with Gasteiger partial charge < -0.3 is 10.2 Å². The first-order valence-electron chi connectivity index (χ1n) is 7.69. The highest BCUT2D eigenvalue weighted by Gasteiger charge is 2.21. The maximum atomic E-state index is 4.81. The molecule has 1 aliphatic carbocycles. The summed E-state index contributed by atoms with van der Waals surface area (Å²) < 4.78 is 0. The monoisotopic (exact) mass is 281 g/mol. The van der Waals surface area contributed by atoms with Crippen LogP contribution in [0.3, 0.4) is 0 Å². The normalized spacial score (nSPS) is 16.6. The molecule has 19 heavy (non-hydrogen) atoms. The first kappa shape index (κ1) is 14.8. The lowest BCUT2D eigenvalue weighted by Gasteiger charge is -2.28. The Morgan fingerprint density at radius 1 is 1.47 bits per heavy atom. The third kappa shape index (κ3) is 4.46. The number of hydrogen-bond donors (Lipinski definition) is 1. The van der Waals surface area contributed by atoms with E-state index in [4.69, 9.17) is 4.98 Å². The van der Waals surface area contributed by atoms with E-state index in [1.54, 1.807) is 11.3 Å². The zero-order valence-electron chi connectivity index (χ0n) is 12.5. The predicted molar refractivity (Wildman–Crippen MR) is 84.0 cm³/mol. The molecular weight excluding hydrogens is 254 g/mol. The van der Waals surface area contributed by atoms with Crippen LogP contribution in [0.2, 0.25) is 0 Å². The topological polar surface area (TPSA) is 28.2 Å². The molecule has 1 saturated carbocycles. The lowest BCUT2D eigenvalue weighted by molar-refractivity contribution is 0.592. The van der Waals surface area contributed by atoms with Crippen molar-refractivity contribution < 1.29 is 0 Å². The summed E-state index contributed by atoms with van der Waals surface area (Å²) in [6.45, 7) is 8.88. The van der Waals surface area contributed by atoms with E-state index < -0.39 is 0 Å². The first-order valence-corrected chi connectivity index (χ1v) is 8.57. The van der Waals surface area contributed by atoms with Crippen molar-refractivity contribution in [2.45, 2.75) is 71.5 Å². The van der Waals surface area contributed by atoms with Gasteiger partial charge in [0.15, 0.2) is 5.13 Å². The number of hydrogen-bond acceptors (Lipinski definition) is 4.